The van der Waals surface area contributed by atoms with Crippen molar-refractivity contribution in [3.8, 4) is 0 Å². The summed E-state index contributed by atoms with van der Waals surface area (Å²) in [5.74, 6) is -1.19. The van der Waals surface area contributed by atoms with E-state index in [-0.39, 0.29) is 18.9 Å². The molecule has 0 aromatic heterocycles. The largest absolute Gasteiger partial charge is 0.325 e. The van der Waals surface area contributed by atoms with E-state index in [9.17, 15) is 14.4 Å². The van der Waals surface area contributed by atoms with Gasteiger partial charge in [0.2, 0.25) is 17.7 Å². The molecule has 5 nitrogen and oxygen atoms in total. The van der Waals surface area contributed by atoms with E-state index < -0.39 is 17.2 Å². The van der Waals surface area contributed by atoms with Crippen LogP contribution < -0.4 is 5.32 Å². The molecule has 0 saturated carbocycles. The van der Waals surface area contributed by atoms with E-state index in [1.807, 2.05) is 24.3 Å². The van der Waals surface area contributed by atoms with Gasteiger partial charge in [-0.2, -0.15) is 0 Å². The zero-order chi connectivity index (χ0) is 16.9. The van der Waals surface area contributed by atoms with Crippen molar-refractivity contribution in [3.63, 3.8) is 0 Å². The Morgan fingerprint density at radius 2 is 1.75 bits per heavy atom. The number of para-hydroxylation sites is 1. The van der Waals surface area contributed by atoms with Gasteiger partial charge in [-0.15, -0.1) is 0 Å². The Morgan fingerprint density at radius 3 is 2.50 bits per heavy atom. The number of rotatable bonds is 2. The van der Waals surface area contributed by atoms with Gasteiger partial charge in [0.05, 0.1) is 13.0 Å². The molecule has 1 spiro atoms. The number of anilines is 1. The normalized spacial score (nSPS) is 22.2. The minimum atomic E-state index is -1.41. The molecule has 1 saturated heterocycles. The van der Waals surface area contributed by atoms with Crippen LogP contribution in [0, 0.1) is 0 Å². The number of likely N-dealkylation sites (tertiary alicyclic amines) is 1. The Balaban J connectivity index is 1.71. The number of fused-ring (bicyclic) bond motifs is 2. The van der Waals surface area contributed by atoms with Gasteiger partial charge in [-0.3, -0.25) is 19.3 Å². The maximum absolute atomic E-state index is 13.0. The molecule has 3 amide bonds. The van der Waals surface area contributed by atoms with Crippen LogP contribution in [0.4, 0.5) is 5.69 Å². The van der Waals surface area contributed by atoms with E-state index in [1.54, 1.807) is 24.3 Å². The maximum Gasteiger partial charge on any atom is 0.250 e. The summed E-state index contributed by atoms with van der Waals surface area (Å²) >= 11 is 3.36. The minimum Gasteiger partial charge on any atom is -0.325 e. The number of halogens is 1. The smallest absolute Gasteiger partial charge is 0.250 e. The molecule has 1 atom stereocenters. The van der Waals surface area contributed by atoms with Gasteiger partial charge in [0, 0.05) is 15.7 Å². The number of carbonyl (C=O) groups excluding carboxylic acids is 3. The van der Waals surface area contributed by atoms with E-state index >= 15 is 0 Å². The highest BCUT2D eigenvalue weighted by Crippen LogP contribution is 2.45. The first-order valence-electron chi connectivity index (χ1n) is 7.52. The number of hydrogen-bond donors (Lipinski definition) is 1. The third-order valence-corrected chi connectivity index (χ3v) is 5.13. The van der Waals surface area contributed by atoms with Gasteiger partial charge in [0.15, 0.2) is 5.41 Å². The maximum atomic E-state index is 13.0. The Kier molecular flexibility index (Phi) is 3.31. The molecule has 1 fully saturated rings. The van der Waals surface area contributed by atoms with Gasteiger partial charge < -0.3 is 5.32 Å². The lowest BCUT2D eigenvalue weighted by molar-refractivity contribution is -0.141. The first-order valence-corrected chi connectivity index (χ1v) is 8.32. The SMILES string of the molecule is O=C1CC2(C(=O)Nc3ccccc32)C(=O)N1Cc1ccc(Br)cc1. The molecular weight excluding hydrogens is 372 g/mol. The Bertz CT molecular complexity index is 878. The van der Waals surface area contributed by atoms with Crippen molar-refractivity contribution in [1.29, 1.82) is 0 Å². The molecule has 2 aromatic carbocycles. The summed E-state index contributed by atoms with van der Waals surface area (Å²) in [5.41, 5.74) is 0.618. The third-order valence-electron chi connectivity index (χ3n) is 4.60. The number of carbonyl (C=O) groups is 3. The van der Waals surface area contributed by atoms with E-state index in [2.05, 4.69) is 21.2 Å². The minimum absolute atomic E-state index is 0.120. The predicted molar refractivity (Wildman–Crippen MR) is 91.1 cm³/mol. The average molecular weight is 385 g/mol. The molecule has 2 aliphatic rings. The predicted octanol–water partition coefficient (Wildman–Crippen LogP) is 2.60. The molecule has 2 aliphatic heterocycles. The van der Waals surface area contributed by atoms with Gasteiger partial charge in [-0.1, -0.05) is 46.3 Å². The molecule has 0 radical (unpaired) electrons. The number of amides is 3. The van der Waals surface area contributed by atoms with Crippen LogP contribution in [-0.2, 0) is 26.3 Å². The number of nitrogens with zero attached hydrogens (tertiary/aromatic N) is 1. The highest BCUT2D eigenvalue weighted by molar-refractivity contribution is 9.10. The van der Waals surface area contributed by atoms with Crippen molar-refractivity contribution >= 4 is 39.3 Å². The molecule has 1 unspecified atom stereocenters. The van der Waals surface area contributed by atoms with Gasteiger partial charge in [-0.25, -0.2) is 0 Å². The fraction of sp³-hybridized carbons (Fsp3) is 0.167. The summed E-state index contributed by atoms with van der Waals surface area (Å²) in [6.45, 7) is 0.169. The summed E-state index contributed by atoms with van der Waals surface area (Å²) < 4.78 is 0.922. The Labute approximate surface area is 146 Å². The van der Waals surface area contributed by atoms with Gasteiger partial charge >= 0.3 is 0 Å². The molecule has 0 aliphatic carbocycles. The lowest BCUT2D eigenvalue weighted by Gasteiger charge is -2.20. The van der Waals surface area contributed by atoms with Gasteiger partial charge in [-0.05, 0) is 23.8 Å². The second kappa shape index (κ2) is 5.27. The van der Waals surface area contributed by atoms with Crippen LogP contribution in [-0.4, -0.2) is 22.6 Å². The molecule has 1 N–H and O–H groups in total. The lowest BCUT2D eigenvalue weighted by Crippen LogP contribution is -2.43. The fourth-order valence-electron chi connectivity index (χ4n) is 3.38. The third kappa shape index (κ3) is 2.03. The zero-order valence-corrected chi connectivity index (χ0v) is 14.2. The molecule has 2 heterocycles. The van der Waals surface area contributed by atoms with E-state index in [0.29, 0.717) is 11.3 Å². The molecule has 120 valence electrons. The zero-order valence-electron chi connectivity index (χ0n) is 12.6. The molecule has 4 rings (SSSR count). The first kappa shape index (κ1) is 15.1. The van der Waals surface area contributed by atoms with Crippen molar-refractivity contribution in [3.05, 3.63) is 64.1 Å². The van der Waals surface area contributed by atoms with Crippen LogP contribution in [0.5, 0.6) is 0 Å². The Morgan fingerprint density at radius 1 is 1.04 bits per heavy atom. The van der Waals surface area contributed by atoms with Crippen molar-refractivity contribution in [2.75, 3.05) is 5.32 Å². The number of nitrogens with one attached hydrogen (secondary N) is 1. The number of benzene rings is 2. The molecular formula is C18H13BrN2O3. The van der Waals surface area contributed by atoms with Crippen LogP contribution >= 0.6 is 15.9 Å². The summed E-state index contributed by atoms with van der Waals surface area (Å²) in [6, 6.07) is 14.5. The summed E-state index contributed by atoms with van der Waals surface area (Å²) in [5, 5.41) is 2.73. The fourth-order valence-corrected chi connectivity index (χ4v) is 3.64. The highest BCUT2D eigenvalue weighted by atomic mass is 79.9. The monoisotopic (exact) mass is 384 g/mol. The summed E-state index contributed by atoms with van der Waals surface area (Å²) in [7, 11) is 0. The van der Waals surface area contributed by atoms with Gasteiger partial charge in [0.1, 0.15) is 0 Å². The number of imide groups is 1. The Hall–Kier alpha value is -2.47. The standard InChI is InChI=1S/C18H13BrN2O3/c19-12-7-5-11(6-8-12)10-21-15(22)9-18(17(21)24)13-3-1-2-4-14(13)20-16(18)23/h1-8H,9-10H2,(H,20,23). The van der Waals surface area contributed by atoms with Crippen molar-refractivity contribution in [1.82, 2.24) is 4.90 Å². The number of hydrogen-bond acceptors (Lipinski definition) is 3. The molecule has 24 heavy (non-hydrogen) atoms. The average Bonchev–Trinajstić information content (AvgIpc) is 2.99. The van der Waals surface area contributed by atoms with Crippen molar-refractivity contribution < 1.29 is 14.4 Å². The van der Waals surface area contributed by atoms with Crippen molar-refractivity contribution in [2.45, 2.75) is 18.4 Å². The van der Waals surface area contributed by atoms with Crippen LogP contribution in [0.3, 0.4) is 0 Å². The molecule has 2 aromatic rings. The molecule has 6 heteroatoms. The van der Waals surface area contributed by atoms with Crippen LogP contribution in [0.15, 0.2) is 53.0 Å². The lowest BCUT2D eigenvalue weighted by atomic mass is 9.80. The van der Waals surface area contributed by atoms with Crippen LogP contribution in [0.2, 0.25) is 0 Å². The van der Waals surface area contributed by atoms with Gasteiger partial charge in [0.25, 0.3) is 0 Å². The van der Waals surface area contributed by atoms with Crippen LogP contribution in [0.1, 0.15) is 17.5 Å². The van der Waals surface area contributed by atoms with E-state index in [1.165, 1.54) is 4.90 Å². The second-order valence-corrected chi connectivity index (χ2v) is 6.91. The highest BCUT2D eigenvalue weighted by Gasteiger charge is 2.61. The summed E-state index contributed by atoms with van der Waals surface area (Å²) in [6.07, 6.45) is -0.120. The second-order valence-electron chi connectivity index (χ2n) is 5.99. The van der Waals surface area contributed by atoms with Crippen LogP contribution in [0.25, 0.3) is 0 Å². The molecule has 0 bridgehead atoms. The van der Waals surface area contributed by atoms with E-state index in [4.69, 9.17) is 0 Å². The van der Waals surface area contributed by atoms with Crippen molar-refractivity contribution in [2.24, 2.45) is 0 Å². The van der Waals surface area contributed by atoms with E-state index in [0.717, 1.165) is 10.0 Å². The first-order chi connectivity index (χ1) is 11.5. The quantitative estimate of drug-likeness (QED) is 0.639. The summed E-state index contributed by atoms with van der Waals surface area (Å²) in [4.78, 5) is 39.2. The topological polar surface area (TPSA) is 66.5 Å².